The van der Waals surface area contributed by atoms with E-state index in [0.29, 0.717) is 26.4 Å². The van der Waals surface area contributed by atoms with Crippen molar-refractivity contribution in [3.8, 4) is 89.0 Å². The van der Waals surface area contributed by atoms with Crippen molar-refractivity contribution in [2.75, 3.05) is 13.2 Å². The molecule has 14 aromatic rings. The van der Waals surface area contributed by atoms with Crippen LogP contribution in [0.25, 0.3) is 182 Å². The van der Waals surface area contributed by atoms with Crippen LogP contribution in [0.3, 0.4) is 0 Å². The van der Waals surface area contributed by atoms with E-state index in [4.69, 9.17) is 29.4 Å². The van der Waals surface area contributed by atoms with Crippen LogP contribution in [0.2, 0.25) is 0 Å². The van der Waals surface area contributed by atoms with Crippen molar-refractivity contribution in [2.45, 2.75) is 13.2 Å². The number of aromatic amines is 4. The van der Waals surface area contributed by atoms with Crippen LogP contribution in [0, 0.1) is 0 Å². The first-order valence-electron chi connectivity index (χ1n) is 34.5. The molecule has 10 nitrogen and oxygen atoms in total. The molecule has 8 aromatic carbocycles. The molecule has 0 aliphatic carbocycles. The van der Waals surface area contributed by atoms with Crippen LogP contribution >= 0.6 is 0 Å². The zero-order valence-electron chi connectivity index (χ0n) is 55.6. The molecular formula is C92H66N8O2. The van der Waals surface area contributed by atoms with Crippen molar-refractivity contribution in [1.82, 2.24) is 39.9 Å². The average molecular weight is 1320 g/mol. The lowest BCUT2D eigenvalue weighted by molar-refractivity contribution is 0.0339. The molecule has 486 valence electrons. The van der Waals surface area contributed by atoms with Gasteiger partial charge < -0.3 is 29.4 Å². The van der Waals surface area contributed by atoms with E-state index < -0.39 is 0 Å². The molecule has 0 atom stereocenters. The van der Waals surface area contributed by atoms with Gasteiger partial charge in [-0.25, -0.2) is 19.9 Å². The molecule has 10 heterocycles. The number of rotatable bonds is 15. The fourth-order valence-corrected chi connectivity index (χ4v) is 14.5. The lowest BCUT2D eigenvalue weighted by atomic mass is 10.0. The highest BCUT2D eigenvalue weighted by molar-refractivity contribution is 6.03. The summed E-state index contributed by atoms with van der Waals surface area (Å²) in [5.41, 5.74) is 33.1. The predicted molar refractivity (Wildman–Crippen MR) is 421 cm³/mol. The molecule has 18 rings (SSSR count). The van der Waals surface area contributed by atoms with Gasteiger partial charge in [-0.1, -0.05) is 231 Å². The molecule has 4 aliphatic heterocycles. The molecule has 0 radical (unpaired) electrons. The van der Waals surface area contributed by atoms with E-state index in [1.807, 2.05) is 0 Å². The maximum absolute atomic E-state index is 6.32. The summed E-state index contributed by atoms with van der Waals surface area (Å²) in [4.78, 5) is 37.4. The largest absolute Gasteiger partial charge is 0.374 e. The first-order chi connectivity index (χ1) is 50.5. The van der Waals surface area contributed by atoms with E-state index in [9.17, 15) is 0 Å². The number of ether oxygens (including phenoxy) is 2. The second-order valence-corrected chi connectivity index (χ2v) is 25.7. The standard InChI is InChI=1S/C92H66N8O2/c1-7-19-61(20-8-1)85-69-39-43-73(93-69)87(63-23-11-3-12-24-63)77-47-51-81(97-77)91(82-52-48-78(98-82)88(64-25-13-4-14-26-64)74-44-40-70(85)94-74)67-35-31-59(32-36-67)57-101-55-56-102-58-60-33-37-68(38-34-60)92-83-53-49-79(99-83)89(65-27-15-5-16-28-65)75-45-41-71(95-75)86(62-21-9-2-10-22-62)72-42-46-76(96-72)90(66-29-17-6-18-30-66)80-50-54-84(92)100-80/h1-54,93,95,98,100H,55-58H2. The zero-order valence-corrected chi connectivity index (χ0v) is 55.6. The van der Waals surface area contributed by atoms with Gasteiger partial charge in [0, 0.05) is 88.6 Å². The summed E-state index contributed by atoms with van der Waals surface area (Å²) in [5.74, 6) is 0. The molecule has 10 heteroatoms. The van der Waals surface area contributed by atoms with E-state index >= 15 is 0 Å². The Balaban J connectivity index is 0.637. The minimum atomic E-state index is 0.427. The molecule has 6 aromatic heterocycles. The monoisotopic (exact) mass is 1310 g/mol. The van der Waals surface area contributed by atoms with Crippen LogP contribution in [-0.2, 0) is 22.7 Å². The van der Waals surface area contributed by atoms with Crippen LogP contribution in [0.4, 0.5) is 0 Å². The Labute approximate surface area is 589 Å². The minimum absolute atomic E-state index is 0.427. The van der Waals surface area contributed by atoms with E-state index in [2.05, 4.69) is 348 Å². The van der Waals surface area contributed by atoms with Crippen molar-refractivity contribution in [1.29, 1.82) is 0 Å². The highest BCUT2D eigenvalue weighted by Crippen LogP contribution is 2.42. The molecule has 102 heavy (non-hydrogen) atoms. The lowest BCUT2D eigenvalue weighted by Crippen LogP contribution is -2.04. The highest BCUT2D eigenvalue weighted by atomic mass is 16.5. The molecule has 4 aliphatic rings. The van der Waals surface area contributed by atoms with Crippen LogP contribution < -0.4 is 0 Å². The second kappa shape index (κ2) is 27.0. The third-order valence-corrected chi connectivity index (χ3v) is 19.3. The molecule has 0 unspecified atom stereocenters. The van der Waals surface area contributed by atoms with Crippen LogP contribution in [0.15, 0.2) is 279 Å². The number of aromatic nitrogens is 8. The number of hydrogen-bond acceptors (Lipinski definition) is 6. The van der Waals surface area contributed by atoms with Gasteiger partial charge in [0.2, 0.25) is 0 Å². The van der Waals surface area contributed by atoms with Crippen molar-refractivity contribution < 1.29 is 9.47 Å². The minimum Gasteiger partial charge on any atom is -0.374 e. The lowest BCUT2D eigenvalue weighted by Gasteiger charge is -2.09. The van der Waals surface area contributed by atoms with Crippen LogP contribution in [0.5, 0.6) is 0 Å². The number of nitrogens with zero attached hydrogens (tertiary/aromatic N) is 4. The maximum atomic E-state index is 6.32. The van der Waals surface area contributed by atoms with Gasteiger partial charge in [0.1, 0.15) is 0 Å². The van der Waals surface area contributed by atoms with Gasteiger partial charge in [0.25, 0.3) is 0 Å². The fraction of sp³-hybridized carbons (Fsp3) is 0.0435. The number of hydrogen-bond donors (Lipinski definition) is 4. The molecule has 16 bridgehead atoms. The maximum Gasteiger partial charge on any atom is 0.0737 e. The summed E-state index contributed by atoms with van der Waals surface area (Å²) in [6, 6.07) is 97.7. The first-order valence-corrected chi connectivity index (χ1v) is 34.5. The zero-order chi connectivity index (χ0) is 67.7. The summed E-state index contributed by atoms with van der Waals surface area (Å²) in [5, 5.41) is 0. The summed E-state index contributed by atoms with van der Waals surface area (Å²) >= 11 is 0. The van der Waals surface area contributed by atoms with Crippen molar-refractivity contribution in [2.24, 2.45) is 0 Å². The van der Waals surface area contributed by atoms with Gasteiger partial charge in [-0.2, -0.15) is 0 Å². The Bertz CT molecular complexity index is 5560. The van der Waals surface area contributed by atoms with Gasteiger partial charge in [-0.05, 0) is 153 Å². The Morgan fingerprint density at radius 2 is 0.353 bits per heavy atom. The van der Waals surface area contributed by atoms with Gasteiger partial charge in [-0.15, -0.1) is 0 Å². The Morgan fingerprint density at radius 3 is 0.529 bits per heavy atom. The SMILES string of the molecule is C1=Cc2nc1c(-c1ccccc1)c1ccc([nH]1)c(-c1ccccc1)c1nc(c(-c3ccc(COCCOCc4ccc(-c5c6nc(c(-c7ccccc7)c7ccc([nH]7)c(-c7ccccc7)c7nc(c(-c8ccccc8)c8ccc5[nH]8)C=C7)C=C6)cc4)cc3)c3ccc([nH]3)c2-c2ccccc2)C=C1. The third kappa shape index (κ3) is 11.9. The van der Waals surface area contributed by atoms with Crippen LogP contribution in [-0.4, -0.2) is 53.1 Å². The fourth-order valence-electron chi connectivity index (χ4n) is 14.5. The summed E-state index contributed by atoms with van der Waals surface area (Å²) in [7, 11) is 0. The molecule has 0 fully saturated rings. The molecule has 0 saturated carbocycles. The van der Waals surface area contributed by atoms with Gasteiger partial charge in [0.05, 0.1) is 72.0 Å². The topological polar surface area (TPSA) is 133 Å². The predicted octanol–water partition coefficient (Wildman–Crippen LogP) is 22.7. The Kier molecular flexibility index (Phi) is 16.2. The van der Waals surface area contributed by atoms with Crippen molar-refractivity contribution in [3.05, 3.63) is 336 Å². The quantitative estimate of drug-likeness (QED) is 0.0756. The van der Waals surface area contributed by atoms with Gasteiger partial charge in [-0.3, -0.25) is 0 Å². The highest BCUT2D eigenvalue weighted by Gasteiger charge is 2.23. The van der Waals surface area contributed by atoms with E-state index in [-0.39, 0.29) is 0 Å². The van der Waals surface area contributed by atoms with Gasteiger partial charge in [0.15, 0.2) is 0 Å². The molecule has 4 N–H and O–H groups in total. The number of H-pyrrole nitrogens is 4. The van der Waals surface area contributed by atoms with Crippen molar-refractivity contribution in [3.63, 3.8) is 0 Å². The smallest absolute Gasteiger partial charge is 0.0737 e. The van der Waals surface area contributed by atoms with E-state index in [1.54, 1.807) is 0 Å². The molecule has 0 saturated heterocycles. The Morgan fingerprint density at radius 1 is 0.186 bits per heavy atom. The van der Waals surface area contributed by atoms with E-state index in [1.165, 1.54) is 0 Å². The van der Waals surface area contributed by atoms with Crippen LogP contribution in [0.1, 0.15) is 56.7 Å². The van der Waals surface area contributed by atoms with Crippen molar-refractivity contribution >= 4 is 92.7 Å². The number of fused-ring (bicyclic) bond motifs is 16. The molecule has 0 spiro atoms. The van der Waals surface area contributed by atoms with E-state index in [0.717, 1.165) is 190 Å². The third-order valence-electron chi connectivity index (χ3n) is 19.3. The second-order valence-electron chi connectivity index (χ2n) is 25.7. The number of nitrogens with one attached hydrogen (secondary N) is 4. The first kappa shape index (κ1) is 61.2. The normalized spacial score (nSPS) is 12.2. The molecule has 0 amide bonds. The summed E-state index contributed by atoms with van der Waals surface area (Å²) < 4.78 is 12.6. The summed E-state index contributed by atoms with van der Waals surface area (Å²) in [6.45, 7) is 1.71. The molecular weight excluding hydrogens is 1250 g/mol. The average Bonchev–Trinajstić information content (AvgIpc) is 1.62. The Hall–Kier alpha value is -13.1. The van der Waals surface area contributed by atoms with Gasteiger partial charge >= 0.3 is 0 Å². The number of benzene rings is 8. The summed E-state index contributed by atoms with van der Waals surface area (Å²) in [6.07, 6.45) is 17.1.